The van der Waals surface area contributed by atoms with Crippen molar-refractivity contribution in [2.75, 3.05) is 0 Å². The number of halogens is 2. The third kappa shape index (κ3) is 2.80. The first-order valence-corrected chi connectivity index (χ1v) is 7.36. The Morgan fingerprint density at radius 3 is 2.64 bits per heavy atom. The second-order valence-electron chi connectivity index (χ2n) is 4.81. The SMILES string of the molecule is Cc1cccn2c(=O)cc(COc3c(Cl)cccc3Cl)nc12. The zero-order chi connectivity index (χ0) is 15.7. The number of aryl methyl sites for hydroxylation is 1. The summed E-state index contributed by atoms with van der Waals surface area (Å²) in [5.74, 6) is 0.387. The molecule has 3 rings (SSSR count). The number of hydrogen-bond donors (Lipinski definition) is 0. The standard InChI is InChI=1S/C16H12Cl2N2O2/c1-10-4-3-7-20-14(21)8-11(19-16(10)20)9-22-15-12(17)5-2-6-13(15)18/h2-8H,9H2,1H3. The van der Waals surface area contributed by atoms with Crippen LogP contribution in [0.4, 0.5) is 0 Å². The Bertz CT molecular complexity index is 886. The Hall–Kier alpha value is -2.04. The minimum absolute atomic E-state index is 0.115. The number of rotatable bonds is 3. The van der Waals surface area contributed by atoms with Gasteiger partial charge in [0.05, 0.1) is 15.7 Å². The molecule has 4 nitrogen and oxygen atoms in total. The normalized spacial score (nSPS) is 10.9. The number of para-hydroxylation sites is 1. The van der Waals surface area contributed by atoms with Gasteiger partial charge in [-0.05, 0) is 30.7 Å². The van der Waals surface area contributed by atoms with Crippen LogP contribution in [0.2, 0.25) is 10.0 Å². The van der Waals surface area contributed by atoms with Crippen molar-refractivity contribution in [1.29, 1.82) is 0 Å². The van der Waals surface area contributed by atoms with Gasteiger partial charge in [-0.25, -0.2) is 4.98 Å². The highest BCUT2D eigenvalue weighted by Gasteiger charge is 2.09. The van der Waals surface area contributed by atoms with Crippen LogP contribution in [-0.4, -0.2) is 9.38 Å². The topological polar surface area (TPSA) is 43.6 Å². The summed E-state index contributed by atoms with van der Waals surface area (Å²) < 4.78 is 7.12. The molecule has 0 unspecified atom stereocenters. The van der Waals surface area contributed by atoms with E-state index in [1.54, 1.807) is 24.4 Å². The Morgan fingerprint density at radius 2 is 1.91 bits per heavy atom. The van der Waals surface area contributed by atoms with Crippen LogP contribution in [0.15, 0.2) is 47.4 Å². The quantitative estimate of drug-likeness (QED) is 0.729. The molecule has 0 N–H and O–H groups in total. The molecule has 0 amide bonds. The van der Waals surface area contributed by atoms with E-state index in [9.17, 15) is 4.79 Å². The Labute approximate surface area is 136 Å². The van der Waals surface area contributed by atoms with E-state index in [0.29, 0.717) is 27.1 Å². The first-order chi connectivity index (χ1) is 10.6. The highest BCUT2D eigenvalue weighted by atomic mass is 35.5. The average molecular weight is 335 g/mol. The van der Waals surface area contributed by atoms with Gasteiger partial charge in [-0.3, -0.25) is 9.20 Å². The third-order valence-electron chi connectivity index (χ3n) is 3.22. The van der Waals surface area contributed by atoms with Gasteiger partial charge in [0, 0.05) is 12.3 Å². The molecule has 0 atom stereocenters. The smallest absolute Gasteiger partial charge is 0.258 e. The molecule has 0 fully saturated rings. The number of nitrogens with zero attached hydrogens (tertiary/aromatic N) is 2. The Balaban J connectivity index is 1.95. The van der Waals surface area contributed by atoms with Gasteiger partial charge < -0.3 is 4.74 Å². The van der Waals surface area contributed by atoms with Crippen molar-refractivity contribution >= 4 is 28.8 Å². The summed E-state index contributed by atoms with van der Waals surface area (Å²) in [6, 6.07) is 10.3. The molecule has 0 bridgehead atoms. The van der Waals surface area contributed by atoms with Gasteiger partial charge >= 0.3 is 0 Å². The molecule has 22 heavy (non-hydrogen) atoms. The lowest BCUT2D eigenvalue weighted by atomic mass is 10.3. The summed E-state index contributed by atoms with van der Waals surface area (Å²) in [5, 5.41) is 0.836. The number of benzene rings is 1. The molecule has 6 heteroatoms. The van der Waals surface area contributed by atoms with Gasteiger partial charge in [0.1, 0.15) is 12.3 Å². The predicted octanol–water partition coefficient (Wildman–Crippen LogP) is 3.89. The summed E-state index contributed by atoms with van der Waals surface area (Å²) in [4.78, 5) is 16.6. The fourth-order valence-electron chi connectivity index (χ4n) is 2.15. The number of fused-ring (bicyclic) bond motifs is 1. The highest BCUT2D eigenvalue weighted by Crippen LogP contribution is 2.32. The van der Waals surface area contributed by atoms with Crippen molar-refractivity contribution < 1.29 is 4.74 Å². The second kappa shape index (κ2) is 5.99. The largest absolute Gasteiger partial charge is 0.484 e. The van der Waals surface area contributed by atoms with Gasteiger partial charge in [0.25, 0.3) is 5.56 Å². The van der Waals surface area contributed by atoms with E-state index in [2.05, 4.69) is 4.98 Å². The summed E-state index contributed by atoms with van der Waals surface area (Å²) in [7, 11) is 0. The number of aromatic nitrogens is 2. The first kappa shape index (κ1) is 14.9. The van der Waals surface area contributed by atoms with Crippen molar-refractivity contribution in [2.24, 2.45) is 0 Å². The van der Waals surface area contributed by atoms with Gasteiger partial charge in [-0.15, -0.1) is 0 Å². The van der Waals surface area contributed by atoms with Gasteiger partial charge in [-0.2, -0.15) is 0 Å². The van der Waals surface area contributed by atoms with E-state index in [-0.39, 0.29) is 12.2 Å². The maximum Gasteiger partial charge on any atom is 0.258 e. The molecule has 0 aliphatic carbocycles. The number of pyridine rings is 1. The Kier molecular flexibility index (Phi) is 4.05. The van der Waals surface area contributed by atoms with E-state index in [4.69, 9.17) is 27.9 Å². The summed E-state index contributed by atoms with van der Waals surface area (Å²) in [6.07, 6.45) is 1.69. The van der Waals surface area contributed by atoms with Gasteiger partial charge in [0.2, 0.25) is 0 Å². The molecule has 0 radical (unpaired) electrons. The molecule has 0 aliphatic rings. The zero-order valence-corrected chi connectivity index (χ0v) is 13.2. The molecule has 0 saturated heterocycles. The minimum atomic E-state index is -0.155. The highest BCUT2D eigenvalue weighted by molar-refractivity contribution is 6.37. The van der Waals surface area contributed by atoms with Crippen molar-refractivity contribution in [3.05, 3.63) is 74.3 Å². The Morgan fingerprint density at radius 1 is 1.18 bits per heavy atom. The van der Waals surface area contributed by atoms with E-state index in [0.717, 1.165) is 5.56 Å². The average Bonchev–Trinajstić information content (AvgIpc) is 2.48. The molecular formula is C16H12Cl2N2O2. The summed E-state index contributed by atoms with van der Waals surface area (Å²) in [5.41, 5.74) is 1.89. The molecular weight excluding hydrogens is 323 g/mol. The van der Waals surface area contributed by atoms with Crippen molar-refractivity contribution in [3.63, 3.8) is 0 Å². The molecule has 2 aromatic heterocycles. The van der Waals surface area contributed by atoms with Crippen molar-refractivity contribution in [1.82, 2.24) is 9.38 Å². The molecule has 0 saturated carbocycles. The summed E-state index contributed by atoms with van der Waals surface area (Å²) in [6.45, 7) is 2.01. The lowest BCUT2D eigenvalue weighted by molar-refractivity contribution is 0.301. The van der Waals surface area contributed by atoms with E-state index >= 15 is 0 Å². The maximum atomic E-state index is 12.1. The van der Waals surface area contributed by atoms with E-state index in [1.165, 1.54) is 10.5 Å². The van der Waals surface area contributed by atoms with Crippen LogP contribution in [0.1, 0.15) is 11.3 Å². The zero-order valence-electron chi connectivity index (χ0n) is 11.7. The fourth-order valence-corrected chi connectivity index (χ4v) is 2.66. The van der Waals surface area contributed by atoms with Crippen molar-refractivity contribution in [3.8, 4) is 5.75 Å². The molecule has 3 aromatic rings. The number of ether oxygens (including phenoxy) is 1. The first-order valence-electron chi connectivity index (χ1n) is 6.61. The molecule has 1 aromatic carbocycles. The third-order valence-corrected chi connectivity index (χ3v) is 3.82. The monoisotopic (exact) mass is 334 g/mol. The van der Waals surface area contributed by atoms with E-state index in [1.807, 2.05) is 19.1 Å². The van der Waals surface area contributed by atoms with E-state index < -0.39 is 0 Å². The molecule has 2 heterocycles. The van der Waals surface area contributed by atoms with Crippen LogP contribution in [0, 0.1) is 6.92 Å². The predicted molar refractivity (Wildman–Crippen MR) is 87.0 cm³/mol. The summed E-state index contributed by atoms with van der Waals surface area (Å²) >= 11 is 12.1. The second-order valence-corrected chi connectivity index (χ2v) is 5.62. The maximum absolute atomic E-state index is 12.1. The van der Waals surface area contributed by atoms with Gasteiger partial charge in [0.15, 0.2) is 5.75 Å². The lowest BCUT2D eigenvalue weighted by Crippen LogP contribution is -2.17. The number of hydrogen-bond acceptors (Lipinski definition) is 3. The minimum Gasteiger partial charge on any atom is -0.484 e. The molecule has 0 spiro atoms. The van der Waals surface area contributed by atoms with Crippen LogP contribution in [0.3, 0.4) is 0 Å². The molecule has 0 aliphatic heterocycles. The van der Waals surface area contributed by atoms with Crippen LogP contribution >= 0.6 is 23.2 Å². The van der Waals surface area contributed by atoms with Crippen LogP contribution in [0.5, 0.6) is 5.75 Å². The van der Waals surface area contributed by atoms with Gasteiger partial charge in [-0.1, -0.05) is 35.3 Å². The lowest BCUT2D eigenvalue weighted by Gasteiger charge is -2.10. The fraction of sp³-hybridized carbons (Fsp3) is 0.125. The van der Waals surface area contributed by atoms with Crippen molar-refractivity contribution in [2.45, 2.75) is 13.5 Å². The van der Waals surface area contributed by atoms with Crippen LogP contribution in [0.25, 0.3) is 5.65 Å². The van der Waals surface area contributed by atoms with Crippen LogP contribution < -0.4 is 10.3 Å². The van der Waals surface area contributed by atoms with Crippen LogP contribution in [-0.2, 0) is 6.61 Å². The molecule has 112 valence electrons.